The van der Waals surface area contributed by atoms with Gasteiger partial charge < -0.3 is 5.11 Å². The minimum atomic E-state index is -3.53. The summed E-state index contributed by atoms with van der Waals surface area (Å²) in [6, 6.07) is 17.4. The molecule has 3 aromatic carbocycles. The summed E-state index contributed by atoms with van der Waals surface area (Å²) in [6.45, 7) is 12.4. The van der Waals surface area contributed by atoms with Gasteiger partial charge in [-0.05, 0) is 64.1 Å². The number of aliphatic hydroxyl groups is 1. The average molecular weight is 451 g/mol. The average Bonchev–Trinajstić information content (AvgIpc) is 2.75. The molecule has 0 fully saturated rings. The van der Waals surface area contributed by atoms with Crippen LogP contribution < -0.4 is 0 Å². The molecule has 0 bridgehead atoms. The van der Waals surface area contributed by atoms with Gasteiger partial charge in [-0.15, -0.1) is 0 Å². The normalized spacial score (nSPS) is 19.3. The lowest BCUT2D eigenvalue weighted by atomic mass is 9.62. The minimum absolute atomic E-state index is 0.00593. The van der Waals surface area contributed by atoms with E-state index in [4.69, 9.17) is 0 Å². The smallest absolute Gasteiger partial charge is 0.178 e. The molecule has 1 aliphatic carbocycles. The Hall–Kier alpha value is -2.17. The largest absolute Gasteiger partial charge is 0.381 e. The number of benzene rings is 3. The third-order valence-corrected chi connectivity index (χ3v) is 9.28. The lowest BCUT2D eigenvalue weighted by molar-refractivity contribution is 0.100. The van der Waals surface area contributed by atoms with Crippen LogP contribution in [0.15, 0.2) is 59.5 Å². The standard InChI is InChI=1S/C28H34O3S/c1-7-32(30,31)24-15-12-19-10-8-9-11-21(19)25(24)28(6,29)20-13-14-22-23(18-20)27(4,5)17-16-26(22,2)3/h8-15,18,29H,7,16-17H2,1-6H3. The quantitative estimate of drug-likeness (QED) is 0.512. The van der Waals surface area contributed by atoms with Gasteiger partial charge in [0.25, 0.3) is 0 Å². The maximum atomic E-state index is 13.1. The zero-order valence-electron chi connectivity index (χ0n) is 20.0. The van der Waals surface area contributed by atoms with Gasteiger partial charge in [0, 0.05) is 5.56 Å². The number of hydrogen-bond donors (Lipinski definition) is 1. The van der Waals surface area contributed by atoms with Crippen molar-refractivity contribution in [2.75, 3.05) is 5.75 Å². The van der Waals surface area contributed by atoms with Crippen molar-refractivity contribution in [3.63, 3.8) is 0 Å². The fourth-order valence-electron chi connectivity index (χ4n) is 5.20. The van der Waals surface area contributed by atoms with E-state index in [-0.39, 0.29) is 21.5 Å². The highest BCUT2D eigenvalue weighted by Gasteiger charge is 2.40. The maximum Gasteiger partial charge on any atom is 0.178 e. The molecule has 3 aromatic rings. The predicted molar refractivity (Wildman–Crippen MR) is 132 cm³/mol. The van der Waals surface area contributed by atoms with Gasteiger partial charge in [0.15, 0.2) is 9.84 Å². The Bertz CT molecular complexity index is 1300. The van der Waals surface area contributed by atoms with Crippen molar-refractivity contribution in [2.24, 2.45) is 0 Å². The molecule has 0 aliphatic heterocycles. The molecule has 0 heterocycles. The fraction of sp³-hybridized carbons (Fsp3) is 0.429. The molecule has 0 aromatic heterocycles. The first kappa shape index (κ1) is 23.0. The topological polar surface area (TPSA) is 54.4 Å². The summed E-state index contributed by atoms with van der Waals surface area (Å²) in [5, 5.41) is 13.7. The lowest BCUT2D eigenvalue weighted by Crippen LogP contribution is -2.35. The van der Waals surface area contributed by atoms with E-state index in [1.54, 1.807) is 19.9 Å². The van der Waals surface area contributed by atoms with E-state index < -0.39 is 15.4 Å². The van der Waals surface area contributed by atoms with Crippen LogP contribution in [0.1, 0.15) is 76.6 Å². The predicted octanol–water partition coefficient (Wildman–Crippen LogP) is 6.24. The van der Waals surface area contributed by atoms with Crippen LogP contribution in [0.4, 0.5) is 0 Å². The molecule has 0 saturated carbocycles. The van der Waals surface area contributed by atoms with E-state index in [1.165, 1.54) is 11.1 Å². The second-order valence-corrected chi connectivity index (χ2v) is 12.9. The summed E-state index contributed by atoms with van der Waals surface area (Å²) >= 11 is 0. The number of fused-ring (bicyclic) bond motifs is 2. The minimum Gasteiger partial charge on any atom is -0.381 e. The van der Waals surface area contributed by atoms with Gasteiger partial charge in [-0.25, -0.2) is 8.42 Å². The van der Waals surface area contributed by atoms with Gasteiger partial charge in [0.05, 0.1) is 10.6 Å². The van der Waals surface area contributed by atoms with E-state index in [0.717, 1.165) is 29.2 Å². The van der Waals surface area contributed by atoms with E-state index in [0.29, 0.717) is 5.56 Å². The van der Waals surface area contributed by atoms with Crippen LogP contribution in [0.5, 0.6) is 0 Å². The van der Waals surface area contributed by atoms with Gasteiger partial charge in [0.1, 0.15) is 5.60 Å². The third-order valence-electron chi connectivity index (χ3n) is 7.51. The molecule has 32 heavy (non-hydrogen) atoms. The van der Waals surface area contributed by atoms with Gasteiger partial charge in [-0.3, -0.25) is 0 Å². The van der Waals surface area contributed by atoms with Crippen LogP contribution in [0.25, 0.3) is 10.8 Å². The summed E-state index contributed by atoms with van der Waals surface area (Å²) in [4.78, 5) is 0.209. The molecular weight excluding hydrogens is 416 g/mol. The van der Waals surface area contributed by atoms with Crippen molar-refractivity contribution >= 4 is 20.6 Å². The number of sulfone groups is 1. The monoisotopic (exact) mass is 450 g/mol. The molecular formula is C28H34O3S. The van der Waals surface area contributed by atoms with Crippen molar-refractivity contribution in [1.29, 1.82) is 0 Å². The maximum absolute atomic E-state index is 13.1. The van der Waals surface area contributed by atoms with Gasteiger partial charge in [0.2, 0.25) is 0 Å². The van der Waals surface area contributed by atoms with Gasteiger partial charge in [-0.2, -0.15) is 0 Å². The first-order valence-corrected chi connectivity index (χ1v) is 13.1. The molecule has 0 saturated heterocycles. The Kier molecular flexibility index (Phi) is 5.34. The molecule has 4 rings (SSSR count). The molecule has 4 heteroatoms. The van der Waals surface area contributed by atoms with Crippen LogP contribution in [-0.2, 0) is 26.3 Å². The van der Waals surface area contributed by atoms with Crippen molar-refractivity contribution in [3.05, 3.63) is 76.9 Å². The highest BCUT2D eigenvalue weighted by Crippen LogP contribution is 2.48. The summed E-state index contributed by atoms with van der Waals surface area (Å²) in [7, 11) is -3.53. The summed E-state index contributed by atoms with van der Waals surface area (Å²) in [5.74, 6) is -0.0141. The highest BCUT2D eigenvalue weighted by atomic mass is 32.2. The number of rotatable bonds is 4. The molecule has 1 aliphatic rings. The molecule has 1 atom stereocenters. The Morgan fingerprint density at radius 1 is 0.906 bits per heavy atom. The van der Waals surface area contributed by atoms with Crippen LogP contribution >= 0.6 is 0 Å². The van der Waals surface area contributed by atoms with Crippen LogP contribution in [-0.4, -0.2) is 19.3 Å². The second kappa shape index (κ2) is 7.43. The van der Waals surface area contributed by atoms with Crippen LogP contribution in [0.3, 0.4) is 0 Å². The summed E-state index contributed by atoms with van der Waals surface area (Å²) < 4.78 is 26.1. The van der Waals surface area contributed by atoms with Crippen LogP contribution in [0, 0.1) is 0 Å². The summed E-state index contributed by atoms with van der Waals surface area (Å²) in [5.41, 5.74) is 2.35. The van der Waals surface area contributed by atoms with Crippen molar-refractivity contribution in [3.8, 4) is 0 Å². The molecule has 0 radical (unpaired) electrons. The Labute approximate surface area is 192 Å². The molecule has 1 N–H and O–H groups in total. The van der Waals surface area contributed by atoms with Crippen molar-refractivity contribution in [1.82, 2.24) is 0 Å². The SMILES string of the molecule is CCS(=O)(=O)c1ccc2ccccc2c1C(C)(O)c1ccc2c(c1)C(C)(C)CCC2(C)C. The molecule has 0 amide bonds. The van der Waals surface area contributed by atoms with Gasteiger partial charge >= 0.3 is 0 Å². The van der Waals surface area contributed by atoms with E-state index in [1.807, 2.05) is 36.4 Å². The highest BCUT2D eigenvalue weighted by molar-refractivity contribution is 7.91. The Morgan fingerprint density at radius 3 is 2.19 bits per heavy atom. The first-order chi connectivity index (χ1) is 14.8. The van der Waals surface area contributed by atoms with Crippen LogP contribution in [0.2, 0.25) is 0 Å². The molecule has 0 spiro atoms. The van der Waals surface area contributed by atoms with Gasteiger partial charge in [-0.1, -0.05) is 83.1 Å². The third kappa shape index (κ3) is 3.58. The van der Waals surface area contributed by atoms with E-state index in [9.17, 15) is 13.5 Å². The zero-order valence-corrected chi connectivity index (χ0v) is 20.8. The lowest BCUT2D eigenvalue weighted by Gasteiger charge is -2.42. The molecule has 3 nitrogen and oxygen atoms in total. The zero-order chi connectivity index (χ0) is 23.5. The first-order valence-electron chi connectivity index (χ1n) is 11.4. The van der Waals surface area contributed by atoms with E-state index in [2.05, 4.69) is 39.8 Å². The molecule has 170 valence electrons. The Morgan fingerprint density at radius 2 is 1.53 bits per heavy atom. The number of hydrogen-bond acceptors (Lipinski definition) is 3. The molecule has 1 unspecified atom stereocenters. The Balaban J connectivity index is 2.02. The van der Waals surface area contributed by atoms with E-state index >= 15 is 0 Å². The second-order valence-electron chi connectivity index (χ2n) is 10.7. The fourth-order valence-corrected chi connectivity index (χ4v) is 6.41. The van der Waals surface area contributed by atoms with Crippen molar-refractivity contribution < 1.29 is 13.5 Å². The van der Waals surface area contributed by atoms with Crippen molar-refractivity contribution in [2.45, 2.75) is 75.7 Å². The summed E-state index contributed by atoms with van der Waals surface area (Å²) in [6.07, 6.45) is 2.19.